The van der Waals surface area contributed by atoms with Crippen molar-refractivity contribution in [3.8, 4) is 5.75 Å². The van der Waals surface area contributed by atoms with Gasteiger partial charge in [0.25, 0.3) is 0 Å². The van der Waals surface area contributed by atoms with Crippen molar-refractivity contribution >= 4 is 11.7 Å². The minimum Gasteiger partial charge on any atom is -0.487 e. The van der Waals surface area contributed by atoms with E-state index in [0.29, 0.717) is 0 Å². The molecule has 0 fully saturated rings. The molecule has 23 heavy (non-hydrogen) atoms. The summed E-state index contributed by atoms with van der Waals surface area (Å²) < 4.78 is 6.03. The van der Waals surface area contributed by atoms with E-state index in [-0.39, 0.29) is 17.7 Å². The third kappa shape index (κ3) is 3.65. The van der Waals surface area contributed by atoms with Gasteiger partial charge < -0.3 is 15.4 Å². The largest absolute Gasteiger partial charge is 0.487 e. The van der Waals surface area contributed by atoms with Gasteiger partial charge in [-0.3, -0.25) is 0 Å². The van der Waals surface area contributed by atoms with E-state index in [2.05, 4.69) is 16.7 Å². The Labute approximate surface area is 136 Å². The summed E-state index contributed by atoms with van der Waals surface area (Å²) in [5.74, 6) is 0.844. The maximum atomic E-state index is 12.3. The molecule has 1 aliphatic rings. The molecule has 1 aliphatic heterocycles. The number of urea groups is 1. The lowest BCUT2D eigenvalue weighted by Crippen LogP contribution is -2.42. The topological polar surface area (TPSA) is 50.4 Å². The van der Waals surface area contributed by atoms with Crippen LogP contribution in [0.1, 0.15) is 37.4 Å². The van der Waals surface area contributed by atoms with Gasteiger partial charge in [0.05, 0.1) is 6.04 Å². The summed E-state index contributed by atoms with van der Waals surface area (Å²) in [7, 11) is 0. The Balaban J connectivity index is 1.79. The van der Waals surface area contributed by atoms with Gasteiger partial charge in [0.1, 0.15) is 11.4 Å². The number of amides is 2. The lowest BCUT2D eigenvalue weighted by Gasteiger charge is -2.38. The number of anilines is 1. The average molecular weight is 310 g/mol. The quantitative estimate of drug-likeness (QED) is 0.862. The third-order valence-corrected chi connectivity index (χ3v) is 3.96. The van der Waals surface area contributed by atoms with Crippen molar-refractivity contribution in [3.63, 3.8) is 0 Å². The maximum absolute atomic E-state index is 12.3. The molecule has 0 aromatic heterocycles. The fourth-order valence-corrected chi connectivity index (χ4v) is 2.95. The number of hydrogen-bond donors (Lipinski definition) is 2. The van der Waals surface area contributed by atoms with Gasteiger partial charge in [0.15, 0.2) is 0 Å². The van der Waals surface area contributed by atoms with Gasteiger partial charge in [-0.05, 0) is 39.0 Å². The highest BCUT2D eigenvalue weighted by Crippen LogP contribution is 2.39. The molecule has 2 amide bonds. The molecule has 0 saturated carbocycles. The van der Waals surface area contributed by atoms with Gasteiger partial charge in [-0.25, -0.2) is 4.79 Å². The monoisotopic (exact) mass is 310 g/mol. The van der Waals surface area contributed by atoms with E-state index in [0.717, 1.165) is 29.0 Å². The van der Waals surface area contributed by atoms with Crippen molar-refractivity contribution in [1.29, 1.82) is 0 Å². The van der Waals surface area contributed by atoms with Crippen molar-refractivity contribution in [2.45, 2.75) is 38.8 Å². The molecule has 0 saturated heterocycles. The molecule has 1 heterocycles. The minimum absolute atomic E-state index is 0.0719. The van der Waals surface area contributed by atoms with E-state index >= 15 is 0 Å². The van der Waals surface area contributed by atoms with Crippen molar-refractivity contribution in [2.24, 2.45) is 0 Å². The number of hydrogen-bond acceptors (Lipinski definition) is 2. The summed E-state index contributed by atoms with van der Waals surface area (Å²) in [5, 5.41) is 5.95. The van der Waals surface area contributed by atoms with E-state index in [4.69, 9.17) is 4.74 Å². The van der Waals surface area contributed by atoms with Gasteiger partial charge in [0, 0.05) is 17.7 Å². The highest BCUT2D eigenvalue weighted by molar-refractivity contribution is 5.89. The Bertz CT molecular complexity index is 711. The summed E-state index contributed by atoms with van der Waals surface area (Å²) in [6.07, 6.45) is 0.728. The first kappa shape index (κ1) is 15.4. The molecular formula is C19H22N2O2. The molecule has 1 atom stereocenters. The molecule has 120 valence electrons. The SMILES string of the molecule is Cc1ccc2c(c1)[C@@H](NC(=O)Nc1ccccc1)CC(C)(C)O2. The molecule has 3 rings (SSSR count). The second-order valence-electron chi connectivity index (χ2n) is 6.62. The van der Waals surface area contributed by atoms with Gasteiger partial charge in [-0.15, -0.1) is 0 Å². The Kier molecular flexibility index (Phi) is 3.99. The summed E-state index contributed by atoms with van der Waals surface area (Å²) in [4.78, 5) is 12.3. The second kappa shape index (κ2) is 5.95. The van der Waals surface area contributed by atoms with Crippen LogP contribution in [0.15, 0.2) is 48.5 Å². The van der Waals surface area contributed by atoms with Crippen molar-refractivity contribution in [1.82, 2.24) is 5.32 Å². The van der Waals surface area contributed by atoms with Crippen molar-refractivity contribution in [3.05, 3.63) is 59.7 Å². The molecule has 4 heteroatoms. The number of carbonyl (C=O) groups excluding carboxylic acids is 1. The number of carbonyl (C=O) groups is 1. The summed E-state index contributed by atoms with van der Waals surface area (Å²) >= 11 is 0. The number of rotatable bonds is 2. The lowest BCUT2D eigenvalue weighted by atomic mass is 9.89. The molecule has 2 N–H and O–H groups in total. The lowest BCUT2D eigenvalue weighted by molar-refractivity contribution is 0.0682. The van der Waals surface area contributed by atoms with E-state index in [1.165, 1.54) is 0 Å². The molecule has 0 unspecified atom stereocenters. The number of ether oxygens (including phenoxy) is 1. The highest BCUT2D eigenvalue weighted by atomic mass is 16.5. The fraction of sp³-hybridized carbons (Fsp3) is 0.316. The van der Waals surface area contributed by atoms with E-state index < -0.39 is 0 Å². The molecule has 0 radical (unpaired) electrons. The van der Waals surface area contributed by atoms with Crippen LogP contribution in [-0.4, -0.2) is 11.6 Å². The van der Waals surface area contributed by atoms with Crippen LogP contribution in [0.2, 0.25) is 0 Å². The van der Waals surface area contributed by atoms with E-state index in [1.54, 1.807) is 0 Å². The second-order valence-corrected chi connectivity index (χ2v) is 6.62. The predicted octanol–water partition coefficient (Wildman–Crippen LogP) is 4.42. The summed E-state index contributed by atoms with van der Waals surface area (Å²) in [6.45, 7) is 6.13. The maximum Gasteiger partial charge on any atom is 0.319 e. The Hall–Kier alpha value is -2.49. The van der Waals surface area contributed by atoms with E-state index in [1.807, 2.05) is 63.2 Å². The average Bonchev–Trinajstić information content (AvgIpc) is 2.48. The van der Waals surface area contributed by atoms with Crippen LogP contribution in [0.4, 0.5) is 10.5 Å². The van der Waals surface area contributed by atoms with Crippen LogP contribution in [0.25, 0.3) is 0 Å². The molecule has 0 bridgehead atoms. The number of nitrogens with one attached hydrogen (secondary N) is 2. The van der Waals surface area contributed by atoms with Crippen LogP contribution in [0, 0.1) is 6.92 Å². The van der Waals surface area contributed by atoms with Crippen LogP contribution in [-0.2, 0) is 0 Å². The van der Waals surface area contributed by atoms with E-state index in [9.17, 15) is 4.79 Å². The molecule has 2 aromatic rings. The fourth-order valence-electron chi connectivity index (χ4n) is 2.95. The number of aryl methyl sites for hydroxylation is 1. The summed E-state index contributed by atoms with van der Waals surface area (Å²) in [6, 6.07) is 15.3. The first-order valence-electron chi connectivity index (χ1n) is 7.85. The Morgan fingerprint density at radius 2 is 1.91 bits per heavy atom. The molecular weight excluding hydrogens is 288 g/mol. The van der Waals surface area contributed by atoms with Crippen LogP contribution >= 0.6 is 0 Å². The molecule has 0 aliphatic carbocycles. The standard InChI is InChI=1S/C19H22N2O2/c1-13-9-10-17-15(11-13)16(12-19(2,3)23-17)21-18(22)20-14-7-5-4-6-8-14/h4-11,16H,12H2,1-3H3,(H2,20,21,22)/t16-/m0/s1. The highest BCUT2D eigenvalue weighted by Gasteiger charge is 2.34. The molecule has 0 spiro atoms. The van der Waals surface area contributed by atoms with Crippen molar-refractivity contribution < 1.29 is 9.53 Å². The molecule has 2 aromatic carbocycles. The minimum atomic E-state index is -0.313. The zero-order valence-electron chi connectivity index (χ0n) is 13.7. The first-order chi connectivity index (χ1) is 10.9. The predicted molar refractivity (Wildman–Crippen MR) is 91.8 cm³/mol. The van der Waals surface area contributed by atoms with Crippen LogP contribution in [0.3, 0.4) is 0 Å². The van der Waals surface area contributed by atoms with Gasteiger partial charge >= 0.3 is 6.03 Å². The Morgan fingerprint density at radius 1 is 1.17 bits per heavy atom. The molecule has 4 nitrogen and oxygen atoms in total. The zero-order valence-corrected chi connectivity index (χ0v) is 13.7. The Morgan fingerprint density at radius 3 is 2.65 bits per heavy atom. The number of benzene rings is 2. The van der Waals surface area contributed by atoms with Crippen molar-refractivity contribution in [2.75, 3.05) is 5.32 Å². The number of para-hydroxylation sites is 1. The van der Waals surface area contributed by atoms with Gasteiger partial charge in [-0.1, -0.05) is 35.9 Å². The zero-order chi connectivity index (χ0) is 16.4. The van der Waals surface area contributed by atoms with Gasteiger partial charge in [-0.2, -0.15) is 0 Å². The smallest absolute Gasteiger partial charge is 0.319 e. The van der Waals surface area contributed by atoms with Crippen LogP contribution < -0.4 is 15.4 Å². The normalized spacial score (nSPS) is 18.5. The first-order valence-corrected chi connectivity index (χ1v) is 7.85. The summed E-state index contributed by atoms with van der Waals surface area (Å²) in [5.41, 5.74) is 2.66. The number of fused-ring (bicyclic) bond motifs is 1. The van der Waals surface area contributed by atoms with Crippen LogP contribution in [0.5, 0.6) is 5.75 Å². The van der Waals surface area contributed by atoms with Gasteiger partial charge in [0.2, 0.25) is 0 Å². The third-order valence-electron chi connectivity index (χ3n) is 3.96.